The van der Waals surface area contributed by atoms with Crippen molar-refractivity contribution in [2.24, 2.45) is 0 Å². The molecule has 0 atom stereocenters. The van der Waals surface area contributed by atoms with Gasteiger partial charge in [-0.3, -0.25) is 0 Å². The van der Waals surface area contributed by atoms with Gasteiger partial charge in [-0.2, -0.15) is 0 Å². The molecule has 10 nitrogen and oxygen atoms in total. The molecule has 266 valence electrons. The van der Waals surface area contributed by atoms with Gasteiger partial charge in [0.15, 0.2) is 0 Å². The molecule has 55 heavy (non-hydrogen) atoms. The average molecular weight is 777 g/mol. The summed E-state index contributed by atoms with van der Waals surface area (Å²) in [6, 6.07) is 31.8. The summed E-state index contributed by atoms with van der Waals surface area (Å²) < 4.78 is 0. The van der Waals surface area contributed by atoms with Gasteiger partial charge in [0.2, 0.25) is 17.1 Å². The molecule has 0 amide bonds. The number of carbonyl (C=O) groups is 3. The summed E-state index contributed by atoms with van der Waals surface area (Å²) in [6.45, 7) is 23.1. The van der Waals surface area contributed by atoms with Gasteiger partial charge in [-0.05, 0) is 89.5 Å². The quantitative estimate of drug-likeness (QED) is 0.106. The summed E-state index contributed by atoms with van der Waals surface area (Å²) in [5, 5.41) is 28.0. The Kier molecular flexibility index (Phi) is 11.3. The first-order valence-corrected chi connectivity index (χ1v) is 18.4. The number of benzene rings is 3. The molecular weight excluding hydrogens is 753 g/mol. The minimum absolute atomic E-state index is 0.145. The second-order valence-electron chi connectivity index (χ2n) is 11.4. The molecule has 3 heterocycles. The van der Waals surface area contributed by atoms with Crippen molar-refractivity contribution in [2.75, 3.05) is 4.90 Å². The Morgan fingerprint density at radius 3 is 0.855 bits per heavy atom. The Morgan fingerprint density at radius 2 is 0.655 bits per heavy atom. The number of thiophene rings is 3. The highest BCUT2D eigenvalue weighted by Crippen LogP contribution is 2.37. The molecule has 6 aromatic rings. The van der Waals surface area contributed by atoms with E-state index in [1.165, 1.54) is 18.2 Å². The molecule has 0 aliphatic carbocycles. The minimum Gasteiger partial charge on any atom is -0.477 e. The van der Waals surface area contributed by atoms with E-state index < -0.39 is 17.9 Å². The zero-order valence-corrected chi connectivity index (χ0v) is 30.7. The van der Waals surface area contributed by atoms with Crippen LogP contribution in [-0.4, -0.2) is 33.2 Å². The molecule has 0 saturated heterocycles. The van der Waals surface area contributed by atoms with Gasteiger partial charge < -0.3 is 20.2 Å². The number of anilines is 3. The second-order valence-corrected chi connectivity index (χ2v) is 14.7. The molecule has 0 fully saturated rings. The highest BCUT2D eigenvalue weighted by molar-refractivity contribution is 7.15. The lowest BCUT2D eigenvalue weighted by molar-refractivity contribution is 0.0691. The Bertz CT molecular complexity index is 2370. The fourth-order valence-electron chi connectivity index (χ4n) is 5.33. The SMILES string of the molecule is [C-]#[N+]/C(=C\c1ccc(N(c2ccc(/C=C(\[N+]#[C-])c3ccc(C(=O)O)s3)cc2)c2ccc(/C=C(\[N+]#[C-])c3ccc(C(=O)O)s3)cc2)cc1)c1ccc(C(=O)O)s1. The monoisotopic (exact) mass is 776 g/mol. The lowest BCUT2D eigenvalue weighted by Crippen LogP contribution is -2.09. The van der Waals surface area contributed by atoms with Crippen LogP contribution < -0.4 is 4.90 Å². The number of carboxylic acid groups (broad SMARTS) is 3. The first-order chi connectivity index (χ1) is 26.6. The molecule has 0 aliphatic rings. The number of hydrogen-bond donors (Lipinski definition) is 3. The maximum absolute atomic E-state index is 11.4. The highest BCUT2D eigenvalue weighted by Gasteiger charge is 2.16. The zero-order valence-electron chi connectivity index (χ0n) is 28.2. The number of rotatable bonds is 12. The Hall–Kier alpha value is -7.34. The van der Waals surface area contributed by atoms with Crippen molar-refractivity contribution in [3.8, 4) is 0 Å². The molecule has 0 spiro atoms. The van der Waals surface area contributed by atoms with Crippen molar-refractivity contribution < 1.29 is 29.7 Å². The van der Waals surface area contributed by atoms with Crippen molar-refractivity contribution >= 4 is 104 Å². The van der Waals surface area contributed by atoms with Gasteiger partial charge in [0.1, 0.15) is 14.6 Å². The zero-order chi connectivity index (χ0) is 39.1. The first-order valence-electron chi connectivity index (χ1n) is 15.9. The normalized spacial score (nSPS) is 11.6. The van der Waals surface area contributed by atoms with E-state index in [0.717, 1.165) is 67.8 Å². The van der Waals surface area contributed by atoms with E-state index in [9.17, 15) is 29.7 Å². The van der Waals surface area contributed by atoms with Gasteiger partial charge in [-0.25, -0.2) is 28.9 Å². The Balaban J connectivity index is 1.35. The molecular formula is C42H24N4O6S3. The van der Waals surface area contributed by atoms with Crippen molar-refractivity contribution in [1.29, 1.82) is 0 Å². The predicted molar refractivity (Wildman–Crippen MR) is 218 cm³/mol. The summed E-state index contributed by atoms with van der Waals surface area (Å²) in [6.07, 6.45) is 5.10. The van der Waals surface area contributed by atoms with Crippen LogP contribution in [0.4, 0.5) is 17.1 Å². The first kappa shape index (κ1) is 37.4. The van der Waals surface area contributed by atoms with Gasteiger partial charge in [0.25, 0.3) is 0 Å². The number of hydrogen-bond acceptors (Lipinski definition) is 7. The van der Waals surface area contributed by atoms with E-state index in [1.54, 1.807) is 36.4 Å². The predicted octanol–water partition coefficient (Wildman–Crippen LogP) is 11.7. The molecule has 3 N–H and O–H groups in total. The van der Waals surface area contributed by atoms with E-state index >= 15 is 0 Å². The third-order valence-electron chi connectivity index (χ3n) is 7.93. The summed E-state index contributed by atoms with van der Waals surface area (Å²) >= 11 is 3.10. The van der Waals surface area contributed by atoms with Crippen LogP contribution in [0.1, 0.15) is 60.3 Å². The Labute approximate surface area is 326 Å². The molecule has 0 radical (unpaired) electrons. The fourth-order valence-corrected chi connectivity index (χ4v) is 7.74. The van der Waals surface area contributed by atoms with Crippen LogP contribution in [0.25, 0.3) is 49.9 Å². The van der Waals surface area contributed by atoms with Crippen molar-refractivity contribution in [1.82, 2.24) is 0 Å². The summed E-state index contributed by atoms with van der Waals surface area (Å²) in [7, 11) is 0. The van der Waals surface area contributed by atoms with Crippen molar-refractivity contribution in [2.45, 2.75) is 0 Å². The van der Waals surface area contributed by atoms with Crippen molar-refractivity contribution in [3.63, 3.8) is 0 Å². The van der Waals surface area contributed by atoms with E-state index in [4.69, 9.17) is 19.7 Å². The van der Waals surface area contributed by atoms with Crippen LogP contribution in [0.5, 0.6) is 0 Å². The topological polar surface area (TPSA) is 128 Å². The van der Waals surface area contributed by atoms with Crippen LogP contribution in [0.3, 0.4) is 0 Å². The van der Waals surface area contributed by atoms with E-state index in [2.05, 4.69) is 14.5 Å². The van der Waals surface area contributed by atoms with Crippen molar-refractivity contribution in [3.05, 3.63) is 189 Å². The molecule has 0 bridgehead atoms. The smallest absolute Gasteiger partial charge is 0.345 e. The van der Waals surface area contributed by atoms with E-state index in [1.807, 2.05) is 77.7 Å². The summed E-state index contributed by atoms with van der Waals surface area (Å²) in [5.41, 5.74) is 5.49. The third-order valence-corrected chi connectivity index (χ3v) is 11.2. The summed E-state index contributed by atoms with van der Waals surface area (Å²) in [4.78, 5) is 49.1. The lowest BCUT2D eigenvalue weighted by atomic mass is 10.1. The van der Waals surface area contributed by atoms with Crippen LogP contribution >= 0.6 is 34.0 Å². The minimum atomic E-state index is -1.05. The fraction of sp³-hybridized carbons (Fsp3) is 0. The second kappa shape index (κ2) is 16.6. The lowest BCUT2D eigenvalue weighted by Gasteiger charge is -2.26. The molecule has 3 aromatic carbocycles. The molecule has 6 rings (SSSR count). The molecule has 0 aliphatic heterocycles. The third kappa shape index (κ3) is 8.66. The van der Waals surface area contributed by atoms with Gasteiger partial charge in [0.05, 0.1) is 19.7 Å². The van der Waals surface area contributed by atoms with Gasteiger partial charge >= 0.3 is 17.9 Å². The number of nitrogens with zero attached hydrogens (tertiary/aromatic N) is 4. The summed E-state index contributed by atoms with van der Waals surface area (Å²) in [5.74, 6) is -3.15. The maximum atomic E-state index is 11.4. The molecule has 0 unspecified atom stereocenters. The standard InChI is InChI=1S/C42H24N4O6S3/c1-43-31(34-16-19-37(53-34)40(47)48)22-25-4-10-28(11-5-25)46(29-12-6-26(7-13-29)23-32(44-2)35-17-20-38(54-35)41(49)50)30-14-8-27(9-15-30)24-33(45-3)36-18-21-39(55-36)42(51)52/h4-24H,(H,47,48)(H,49,50)(H,51,52)/b31-22-,32-23-,33-24-. The van der Waals surface area contributed by atoms with Crippen LogP contribution in [0, 0.1) is 19.7 Å². The van der Waals surface area contributed by atoms with Crippen LogP contribution in [0.15, 0.2) is 109 Å². The Morgan fingerprint density at radius 1 is 0.418 bits per heavy atom. The van der Waals surface area contributed by atoms with Crippen LogP contribution in [0.2, 0.25) is 0 Å². The van der Waals surface area contributed by atoms with Gasteiger partial charge in [0, 0.05) is 31.7 Å². The maximum Gasteiger partial charge on any atom is 0.345 e. The highest BCUT2D eigenvalue weighted by atomic mass is 32.1. The van der Waals surface area contributed by atoms with E-state index in [0.29, 0.717) is 31.7 Å². The van der Waals surface area contributed by atoms with Crippen LogP contribution in [-0.2, 0) is 0 Å². The molecule has 3 aromatic heterocycles. The number of aromatic carboxylic acids is 3. The molecule has 0 saturated carbocycles. The van der Waals surface area contributed by atoms with E-state index in [-0.39, 0.29) is 14.6 Å². The molecule has 13 heteroatoms. The van der Waals surface area contributed by atoms with Gasteiger partial charge in [-0.15, -0.1) is 34.0 Å². The van der Waals surface area contributed by atoms with Gasteiger partial charge in [-0.1, -0.05) is 54.6 Å². The largest absolute Gasteiger partial charge is 0.477 e. The number of carboxylic acids is 3. The average Bonchev–Trinajstić information content (AvgIpc) is 3.99.